The van der Waals surface area contributed by atoms with Gasteiger partial charge in [-0.1, -0.05) is 0 Å². The normalized spacial score (nSPS) is 29.8. The van der Waals surface area contributed by atoms with E-state index in [2.05, 4.69) is 15.6 Å². The first kappa shape index (κ1) is 10.5. The monoisotopic (exact) mass is 234 g/mol. The van der Waals surface area contributed by atoms with Crippen LogP contribution >= 0.6 is 0 Å². The van der Waals surface area contributed by atoms with Crippen molar-refractivity contribution in [3.63, 3.8) is 0 Å². The van der Waals surface area contributed by atoms with Crippen LogP contribution in [0.15, 0.2) is 12.3 Å². The highest BCUT2D eigenvalue weighted by Crippen LogP contribution is 2.43. The van der Waals surface area contributed by atoms with Gasteiger partial charge in [-0.25, -0.2) is 4.98 Å². The van der Waals surface area contributed by atoms with Gasteiger partial charge in [0.2, 0.25) is 0 Å². The van der Waals surface area contributed by atoms with Gasteiger partial charge in [-0.05, 0) is 18.8 Å². The second-order valence-corrected chi connectivity index (χ2v) is 4.77. The number of anilines is 1. The summed E-state index contributed by atoms with van der Waals surface area (Å²) in [5.41, 5.74) is 0.727. The van der Waals surface area contributed by atoms with Gasteiger partial charge < -0.3 is 10.6 Å². The molecule has 0 spiro atoms. The standard InChI is InChI=1S/C11H14N4O2/c1-6-3-13-10(2-9(6)15(16)17)14-11-7-4-12-5-8(7)11/h2-3,7-8,11-12H,4-5H2,1H3,(H,13,14). The highest BCUT2D eigenvalue weighted by Gasteiger charge is 2.53. The summed E-state index contributed by atoms with van der Waals surface area (Å²) < 4.78 is 0. The van der Waals surface area contributed by atoms with Crippen LogP contribution in [-0.4, -0.2) is 29.0 Å². The molecule has 1 aliphatic heterocycles. The van der Waals surface area contributed by atoms with Crippen LogP contribution < -0.4 is 10.6 Å². The number of hydrogen-bond acceptors (Lipinski definition) is 5. The molecule has 1 aromatic rings. The third-order valence-corrected chi connectivity index (χ3v) is 3.68. The molecule has 1 aromatic heterocycles. The lowest BCUT2D eigenvalue weighted by molar-refractivity contribution is -0.385. The molecule has 2 heterocycles. The van der Waals surface area contributed by atoms with Crippen molar-refractivity contribution in [1.29, 1.82) is 0 Å². The van der Waals surface area contributed by atoms with Gasteiger partial charge in [0, 0.05) is 30.9 Å². The molecule has 2 aliphatic rings. The number of nitrogens with zero attached hydrogens (tertiary/aromatic N) is 2. The van der Waals surface area contributed by atoms with Gasteiger partial charge in [-0.15, -0.1) is 0 Å². The summed E-state index contributed by atoms with van der Waals surface area (Å²) >= 11 is 0. The van der Waals surface area contributed by atoms with Crippen molar-refractivity contribution in [3.8, 4) is 0 Å². The van der Waals surface area contributed by atoms with Gasteiger partial charge in [-0.2, -0.15) is 0 Å². The summed E-state index contributed by atoms with van der Waals surface area (Å²) in [5.74, 6) is 1.94. The van der Waals surface area contributed by atoms with Crippen LogP contribution in [-0.2, 0) is 0 Å². The number of nitrogens with one attached hydrogen (secondary N) is 2. The summed E-state index contributed by atoms with van der Waals surface area (Å²) in [4.78, 5) is 14.6. The number of pyridine rings is 1. The van der Waals surface area contributed by atoms with E-state index in [1.165, 1.54) is 6.07 Å². The van der Waals surface area contributed by atoms with E-state index in [1.54, 1.807) is 13.1 Å². The van der Waals surface area contributed by atoms with E-state index in [0.29, 0.717) is 29.3 Å². The van der Waals surface area contributed by atoms with E-state index in [1.807, 2.05) is 0 Å². The average Bonchev–Trinajstić information content (AvgIpc) is 2.75. The highest BCUT2D eigenvalue weighted by atomic mass is 16.6. The van der Waals surface area contributed by atoms with Gasteiger partial charge in [-0.3, -0.25) is 10.1 Å². The van der Waals surface area contributed by atoms with Crippen molar-refractivity contribution < 1.29 is 4.92 Å². The van der Waals surface area contributed by atoms with Gasteiger partial charge in [0.1, 0.15) is 5.82 Å². The first-order valence-electron chi connectivity index (χ1n) is 5.75. The Morgan fingerprint density at radius 1 is 1.53 bits per heavy atom. The van der Waals surface area contributed by atoms with Crippen LogP contribution in [0.1, 0.15) is 5.56 Å². The molecule has 0 radical (unpaired) electrons. The molecule has 1 aliphatic carbocycles. The molecule has 1 saturated carbocycles. The van der Waals surface area contributed by atoms with Crippen LogP contribution in [0.25, 0.3) is 0 Å². The zero-order chi connectivity index (χ0) is 12.0. The van der Waals surface area contributed by atoms with E-state index in [9.17, 15) is 10.1 Å². The molecule has 6 heteroatoms. The second kappa shape index (κ2) is 3.66. The molecule has 17 heavy (non-hydrogen) atoms. The summed E-state index contributed by atoms with van der Waals surface area (Å²) in [7, 11) is 0. The maximum atomic E-state index is 10.8. The molecule has 2 atom stereocenters. The van der Waals surface area contributed by atoms with Crippen LogP contribution in [0, 0.1) is 28.9 Å². The molecule has 0 amide bonds. The number of hydrogen-bond donors (Lipinski definition) is 2. The van der Waals surface area contributed by atoms with Gasteiger partial charge in [0.25, 0.3) is 5.69 Å². The van der Waals surface area contributed by atoms with E-state index < -0.39 is 0 Å². The van der Waals surface area contributed by atoms with Crippen LogP contribution in [0.4, 0.5) is 11.5 Å². The lowest BCUT2D eigenvalue weighted by Gasteiger charge is -2.08. The Hall–Kier alpha value is -1.69. The predicted octanol–water partition coefficient (Wildman–Crippen LogP) is 0.928. The van der Waals surface area contributed by atoms with Gasteiger partial charge in [0.15, 0.2) is 0 Å². The summed E-state index contributed by atoms with van der Waals surface area (Å²) in [6.45, 7) is 3.78. The summed E-state index contributed by atoms with van der Waals surface area (Å²) in [6, 6.07) is 1.96. The fourth-order valence-electron chi connectivity index (χ4n) is 2.59. The minimum atomic E-state index is -0.364. The molecule has 3 rings (SSSR count). The Morgan fingerprint density at radius 3 is 2.88 bits per heavy atom. The number of nitro groups is 1. The zero-order valence-corrected chi connectivity index (χ0v) is 9.51. The number of piperidine rings is 1. The SMILES string of the molecule is Cc1cnc(NC2C3CNCC32)cc1[N+](=O)[O-]. The number of aryl methyl sites for hydroxylation is 1. The maximum Gasteiger partial charge on any atom is 0.277 e. The van der Waals surface area contributed by atoms with Gasteiger partial charge >= 0.3 is 0 Å². The van der Waals surface area contributed by atoms with Crippen molar-refractivity contribution in [2.45, 2.75) is 13.0 Å². The fraction of sp³-hybridized carbons (Fsp3) is 0.545. The lowest BCUT2D eigenvalue weighted by Crippen LogP contribution is -2.21. The van der Waals surface area contributed by atoms with Crippen molar-refractivity contribution >= 4 is 11.5 Å². The third-order valence-electron chi connectivity index (χ3n) is 3.68. The van der Waals surface area contributed by atoms with E-state index in [0.717, 1.165) is 13.1 Å². The van der Waals surface area contributed by atoms with Gasteiger partial charge in [0.05, 0.1) is 11.0 Å². The average molecular weight is 234 g/mol. The molecule has 0 bridgehead atoms. The third kappa shape index (κ3) is 1.74. The quantitative estimate of drug-likeness (QED) is 0.600. The van der Waals surface area contributed by atoms with Crippen molar-refractivity contribution in [3.05, 3.63) is 27.9 Å². The summed E-state index contributed by atoms with van der Waals surface area (Å²) in [5, 5.41) is 17.4. The van der Waals surface area contributed by atoms with E-state index in [4.69, 9.17) is 0 Å². The maximum absolute atomic E-state index is 10.8. The van der Waals surface area contributed by atoms with E-state index >= 15 is 0 Å². The molecular weight excluding hydrogens is 220 g/mol. The Kier molecular flexibility index (Phi) is 2.25. The van der Waals surface area contributed by atoms with Crippen molar-refractivity contribution in [1.82, 2.24) is 10.3 Å². The molecule has 6 nitrogen and oxygen atoms in total. The Labute approximate surface area is 98.6 Å². The van der Waals surface area contributed by atoms with Crippen molar-refractivity contribution in [2.24, 2.45) is 11.8 Å². The molecule has 2 unspecified atom stereocenters. The number of aromatic nitrogens is 1. The van der Waals surface area contributed by atoms with Crippen molar-refractivity contribution in [2.75, 3.05) is 18.4 Å². The smallest absolute Gasteiger partial charge is 0.277 e. The number of fused-ring (bicyclic) bond motifs is 1. The first-order chi connectivity index (χ1) is 8.16. The zero-order valence-electron chi connectivity index (χ0n) is 9.51. The minimum Gasteiger partial charge on any atom is -0.366 e. The van der Waals surface area contributed by atoms with Crippen LogP contribution in [0.5, 0.6) is 0 Å². The molecule has 2 N–H and O–H groups in total. The minimum absolute atomic E-state index is 0.131. The first-order valence-corrected chi connectivity index (χ1v) is 5.75. The molecule has 0 aromatic carbocycles. The van der Waals surface area contributed by atoms with E-state index in [-0.39, 0.29) is 10.6 Å². The molecule has 1 saturated heterocycles. The topological polar surface area (TPSA) is 80.1 Å². The Balaban J connectivity index is 1.75. The lowest BCUT2D eigenvalue weighted by atomic mass is 10.2. The fourth-order valence-corrected chi connectivity index (χ4v) is 2.59. The Bertz CT molecular complexity index is 467. The van der Waals surface area contributed by atoms with Crippen LogP contribution in [0.3, 0.4) is 0 Å². The largest absolute Gasteiger partial charge is 0.366 e. The molecule has 2 fully saturated rings. The van der Waals surface area contributed by atoms with Crippen LogP contribution in [0.2, 0.25) is 0 Å². The number of rotatable bonds is 3. The highest BCUT2D eigenvalue weighted by molar-refractivity contribution is 5.50. The Morgan fingerprint density at radius 2 is 2.24 bits per heavy atom. The predicted molar refractivity (Wildman–Crippen MR) is 62.9 cm³/mol. The molecule has 90 valence electrons. The second-order valence-electron chi connectivity index (χ2n) is 4.77. The molecular formula is C11H14N4O2. The summed E-state index contributed by atoms with van der Waals surface area (Å²) in [6.07, 6.45) is 1.55.